The zero-order chi connectivity index (χ0) is 9.30. The molecule has 2 nitrogen and oxygen atoms in total. The lowest BCUT2D eigenvalue weighted by Gasteiger charge is -2.01. The van der Waals surface area contributed by atoms with E-state index in [-0.39, 0.29) is 5.56 Å². The number of rotatable bonds is 1. The highest BCUT2D eigenvalue weighted by Crippen LogP contribution is 2.25. The van der Waals surface area contributed by atoms with Crippen LogP contribution >= 0.6 is 46.8 Å². The summed E-state index contributed by atoms with van der Waals surface area (Å²) in [5, 5.41) is 9.16. The van der Waals surface area contributed by atoms with Gasteiger partial charge in [-0.15, -0.1) is 12.6 Å². The molecule has 0 aliphatic heterocycles. The Bertz CT molecular complexity index is 340. The Morgan fingerprint density at radius 3 is 2.67 bits per heavy atom. The predicted octanol–water partition coefficient (Wildman–Crippen LogP) is 2.93. The molecule has 5 heteroatoms. The maximum Gasteiger partial charge on any atom is 0.336 e. The summed E-state index contributed by atoms with van der Waals surface area (Å²) in [5.41, 5.74) is 0.227. The minimum absolute atomic E-state index is 0.227. The van der Waals surface area contributed by atoms with Crippen molar-refractivity contribution in [3.05, 3.63) is 26.3 Å². The molecule has 0 aliphatic carbocycles. The van der Waals surface area contributed by atoms with E-state index in [0.717, 1.165) is 0 Å². The molecule has 0 heterocycles. The summed E-state index contributed by atoms with van der Waals surface area (Å²) < 4.78 is 0.614. The van der Waals surface area contributed by atoms with E-state index in [1.807, 2.05) is 22.6 Å². The summed E-state index contributed by atoms with van der Waals surface area (Å²) >= 11 is 11.6. The Morgan fingerprint density at radius 1 is 1.58 bits per heavy atom. The summed E-state index contributed by atoms with van der Waals surface area (Å²) in [4.78, 5) is 11.1. The van der Waals surface area contributed by atoms with Crippen molar-refractivity contribution in [2.45, 2.75) is 4.90 Å². The number of carboxylic acid groups (broad SMARTS) is 1. The first-order chi connectivity index (χ1) is 5.52. The minimum Gasteiger partial charge on any atom is -0.478 e. The van der Waals surface area contributed by atoms with Crippen LogP contribution in [0.4, 0.5) is 0 Å². The zero-order valence-electron chi connectivity index (χ0n) is 5.71. The molecule has 0 radical (unpaired) electrons. The molecule has 0 spiro atoms. The maximum atomic E-state index is 10.6. The summed E-state index contributed by atoms with van der Waals surface area (Å²) in [6.07, 6.45) is 0. The Hall–Kier alpha value is 0.0600. The van der Waals surface area contributed by atoms with Crippen molar-refractivity contribution < 1.29 is 9.90 Å². The third-order valence-electron chi connectivity index (χ3n) is 1.27. The van der Waals surface area contributed by atoms with Gasteiger partial charge in [0.15, 0.2) is 0 Å². The standard InChI is InChI=1S/C7H4ClIO2S/c8-4-2-5(9)3(7(10)11)1-6(4)12/h1-2,12H,(H,10,11). The second-order valence-electron chi connectivity index (χ2n) is 2.09. The van der Waals surface area contributed by atoms with Gasteiger partial charge < -0.3 is 5.11 Å². The molecule has 64 valence electrons. The summed E-state index contributed by atoms with van der Waals surface area (Å²) in [6.45, 7) is 0. The number of aromatic carboxylic acids is 1. The van der Waals surface area contributed by atoms with Crippen LogP contribution in [0.2, 0.25) is 5.02 Å². The van der Waals surface area contributed by atoms with Crippen LogP contribution in [0, 0.1) is 3.57 Å². The number of benzene rings is 1. The molecular weight excluding hydrogens is 310 g/mol. The number of thiol groups is 1. The van der Waals surface area contributed by atoms with Gasteiger partial charge in [-0.05, 0) is 34.7 Å². The second kappa shape index (κ2) is 3.85. The van der Waals surface area contributed by atoms with E-state index >= 15 is 0 Å². The Labute approximate surface area is 93.5 Å². The van der Waals surface area contributed by atoms with Gasteiger partial charge in [-0.25, -0.2) is 4.79 Å². The molecule has 0 unspecified atom stereocenters. The van der Waals surface area contributed by atoms with Crippen LogP contribution in [-0.2, 0) is 0 Å². The molecule has 0 saturated heterocycles. The fourth-order valence-electron chi connectivity index (χ4n) is 0.701. The van der Waals surface area contributed by atoms with Crippen molar-refractivity contribution in [2.24, 2.45) is 0 Å². The van der Waals surface area contributed by atoms with Gasteiger partial charge in [-0.3, -0.25) is 0 Å². The topological polar surface area (TPSA) is 37.3 Å². The van der Waals surface area contributed by atoms with E-state index in [0.29, 0.717) is 13.5 Å². The molecular formula is C7H4ClIO2S. The van der Waals surface area contributed by atoms with Crippen molar-refractivity contribution in [3.63, 3.8) is 0 Å². The molecule has 0 fully saturated rings. The molecule has 1 rings (SSSR count). The Balaban J connectivity index is 3.33. The number of carboxylic acids is 1. The lowest BCUT2D eigenvalue weighted by molar-refractivity contribution is 0.0695. The first kappa shape index (κ1) is 10.1. The average molecular weight is 315 g/mol. The maximum absolute atomic E-state index is 10.6. The number of halogens is 2. The highest BCUT2D eigenvalue weighted by Gasteiger charge is 2.10. The molecule has 0 aromatic heterocycles. The van der Waals surface area contributed by atoms with E-state index in [9.17, 15) is 4.79 Å². The summed E-state index contributed by atoms with van der Waals surface area (Å²) in [6, 6.07) is 3.02. The molecule has 12 heavy (non-hydrogen) atoms. The van der Waals surface area contributed by atoms with Crippen LogP contribution in [0.25, 0.3) is 0 Å². The lowest BCUT2D eigenvalue weighted by Crippen LogP contribution is -1.99. The van der Waals surface area contributed by atoms with E-state index in [2.05, 4.69) is 12.6 Å². The molecule has 1 aromatic rings. The largest absolute Gasteiger partial charge is 0.478 e. The van der Waals surface area contributed by atoms with Gasteiger partial charge in [0.1, 0.15) is 0 Å². The van der Waals surface area contributed by atoms with Gasteiger partial charge in [0.25, 0.3) is 0 Å². The third kappa shape index (κ3) is 2.05. The zero-order valence-corrected chi connectivity index (χ0v) is 9.52. The summed E-state index contributed by atoms with van der Waals surface area (Å²) in [5.74, 6) is -0.966. The molecule has 0 atom stereocenters. The van der Waals surface area contributed by atoms with Crippen molar-refractivity contribution in [2.75, 3.05) is 0 Å². The van der Waals surface area contributed by atoms with E-state index < -0.39 is 5.97 Å². The van der Waals surface area contributed by atoms with E-state index in [1.54, 1.807) is 6.07 Å². The monoisotopic (exact) mass is 314 g/mol. The fraction of sp³-hybridized carbons (Fsp3) is 0. The van der Waals surface area contributed by atoms with Crippen LogP contribution in [0.1, 0.15) is 10.4 Å². The van der Waals surface area contributed by atoms with Crippen molar-refractivity contribution in [1.82, 2.24) is 0 Å². The highest BCUT2D eigenvalue weighted by atomic mass is 127. The van der Waals surface area contributed by atoms with Gasteiger partial charge in [-0.1, -0.05) is 11.6 Å². The fourth-order valence-corrected chi connectivity index (χ4v) is 1.94. The second-order valence-corrected chi connectivity index (χ2v) is 4.14. The first-order valence-electron chi connectivity index (χ1n) is 2.93. The van der Waals surface area contributed by atoms with Crippen molar-refractivity contribution >= 4 is 52.8 Å². The van der Waals surface area contributed by atoms with Crippen molar-refractivity contribution in [3.8, 4) is 0 Å². The quantitative estimate of drug-likeness (QED) is 0.618. The van der Waals surface area contributed by atoms with Crippen LogP contribution in [-0.4, -0.2) is 11.1 Å². The molecule has 0 bridgehead atoms. The van der Waals surface area contributed by atoms with Crippen molar-refractivity contribution in [1.29, 1.82) is 0 Å². The summed E-state index contributed by atoms with van der Waals surface area (Å²) in [7, 11) is 0. The minimum atomic E-state index is -0.966. The van der Waals surface area contributed by atoms with Gasteiger partial charge in [0, 0.05) is 8.47 Å². The van der Waals surface area contributed by atoms with E-state index in [4.69, 9.17) is 16.7 Å². The van der Waals surface area contributed by atoms with Crippen LogP contribution in [0.3, 0.4) is 0 Å². The third-order valence-corrected chi connectivity index (χ3v) is 2.97. The van der Waals surface area contributed by atoms with Gasteiger partial charge in [-0.2, -0.15) is 0 Å². The van der Waals surface area contributed by atoms with Gasteiger partial charge >= 0.3 is 5.97 Å². The van der Waals surface area contributed by atoms with Crippen LogP contribution in [0.15, 0.2) is 17.0 Å². The normalized spacial score (nSPS) is 9.92. The van der Waals surface area contributed by atoms with Gasteiger partial charge in [0.05, 0.1) is 10.6 Å². The van der Waals surface area contributed by atoms with Gasteiger partial charge in [0.2, 0.25) is 0 Å². The SMILES string of the molecule is O=C(O)c1cc(S)c(Cl)cc1I. The van der Waals surface area contributed by atoms with Crippen LogP contribution in [0.5, 0.6) is 0 Å². The Morgan fingerprint density at radius 2 is 2.17 bits per heavy atom. The lowest BCUT2D eigenvalue weighted by atomic mass is 10.2. The first-order valence-corrected chi connectivity index (χ1v) is 4.84. The molecule has 1 N–H and O–H groups in total. The predicted molar refractivity (Wildman–Crippen MR) is 58.4 cm³/mol. The molecule has 0 aliphatic rings. The molecule has 1 aromatic carbocycles. The smallest absolute Gasteiger partial charge is 0.336 e. The Kier molecular flexibility index (Phi) is 3.25. The number of carbonyl (C=O) groups is 1. The average Bonchev–Trinajstić information content (AvgIpc) is 1.96. The van der Waals surface area contributed by atoms with E-state index in [1.165, 1.54) is 6.07 Å². The number of hydrogen-bond donors (Lipinski definition) is 2. The molecule has 0 saturated carbocycles. The highest BCUT2D eigenvalue weighted by molar-refractivity contribution is 14.1. The number of hydrogen-bond acceptors (Lipinski definition) is 2. The molecule has 0 amide bonds. The van der Waals surface area contributed by atoms with Crippen LogP contribution < -0.4 is 0 Å².